The highest BCUT2D eigenvalue weighted by atomic mass is 16.3. The summed E-state index contributed by atoms with van der Waals surface area (Å²) in [4.78, 5) is 15.2. The van der Waals surface area contributed by atoms with Gasteiger partial charge < -0.3 is 5.11 Å². The number of ketones is 1. The number of allylic oxidation sites excluding steroid dienone is 2. The van der Waals surface area contributed by atoms with Crippen LogP contribution in [-0.4, -0.2) is 17.1 Å². The van der Waals surface area contributed by atoms with Crippen LogP contribution in [0.1, 0.15) is 13.8 Å². The minimum absolute atomic E-state index is 0.0119. The third-order valence-corrected chi connectivity index (χ3v) is 1.87. The summed E-state index contributed by atoms with van der Waals surface area (Å²) in [6, 6.07) is 9.24. The molecule has 0 heterocycles. The number of Topliss-reactive ketones (excluding diaryl/α,β-unsaturated/α-hetero) is 1. The van der Waals surface area contributed by atoms with Gasteiger partial charge in [0.2, 0.25) is 0 Å². The Labute approximate surface area is 88.8 Å². The van der Waals surface area contributed by atoms with Crippen LogP contribution in [0.4, 0.5) is 5.69 Å². The molecule has 0 saturated carbocycles. The molecule has 0 amide bonds. The van der Waals surface area contributed by atoms with E-state index in [4.69, 9.17) is 0 Å². The molecule has 1 aromatic rings. The molecule has 3 nitrogen and oxygen atoms in total. The second kappa shape index (κ2) is 5.10. The number of para-hydroxylation sites is 1. The molecule has 1 rings (SSSR count). The van der Waals surface area contributed by atoms with Crippen LogP contribution in [0, 0.1) is 0 Å². The predicted octanol–water partition coefficient (Wildman–Crippen LogP) is 2.81. The first-order chi connectivity index (χ1) is 7.11. The maximum absolute atomic E-state index is 11.1. The van der Waals surface area contributed by atoms with Gasteiger partial charge in [0.25, 0.3) is 0 Å². The van der Waals surface area contributed by atoms with E-state index in [1.54, 1.807) is 0 Å². The third kappa shape index (κ3) is 3.38. The van der Waals surface area contributed by atoms with E-state index in [0.29, 0.717) is 0 Å². The number of carbonyl (C=O) groups excluding carboxylic acids is 1. The summed E-state index contributed by atoms with van der Waals surface area (Å²) < 4.78 is 0. The molecule has 1 N–H and O–H groups in total. The Kier molecular flexibility index (Phi) is 3.80. The molecule has 0 aliphatic rings. The number of aliphatic imine (C=N–C) groups is 1. The number of aliphatic hydroxyl groups excluding tert-OH is 1. The molecule has 0 aliphatic carbocycles. The Morgan fingerprint density at radius 2 is 1.87 bits per heavy atom. The van der Waals surface area contributed by atoms with Crippen molar-refractivity contribution < 1.29 is 9.90 Å². The first kappa shape index (κ1) is 11.2. The first-order valence-electron chi connectivity index (χ1n) is 4.61. The smallest absolute Gasteiger partial charge is 0.164 e. The number of benzene rings is 1. The Morgan fingerprint density at radius 1 is 1.27 bits per heavy atom. The van der Waals surface area contributed by atoms with Crippen molar-refractivity contribution in [2.24, 2.45) is 4.99 Å². The molecule has 15 heavy (non-hydrogen) atoms. The average molecular weight is 203 g/mol. The van der Waals surface area contributed by atoms with Crippen molar-refractivity contribution in [1.29, 1.82) is 0 Å². The summed E-state index contributed by atoms with van der Waals surface area (Å²) in [5, 5.41) is 9.23. The molecular weight excluding hydrogens is 190 g/mol. The summed E-state index contributed by atoms with van der Waals surface area (Å²) in [5.41, 5.74) is 0.983. The van der Waals surface area contributed by atoms with Gasteiger partial charge in [-0.05, 0) is 26.0 Å². The standard InChI is InChI=1S/C12H13NO2/c1-9(14)12(10(2)15)8-13-11-6-4-3-5-7-11/h3-8,14H,1-2H3. The van der Waals surface area contributed by atoms with Crippen molar-refractivity contribution in [3.05, 3.63) is 41.7 Å². The Hall–Kier alpha value is -1.90. The van der Waals surface area contributed by atoms with Crippen LogP contribution < -0.4 is 0 Å². The van der Waals surface area contributed by atoms with Crippen molar-refractivity contribution >= 4 is 17.7 Å². The van der Waals surface area contributed by atoms with Crippen LogP contribution in [0.2, 0.25) is 0 Å². The van der Waals surface area contributed by atoms with E-state index < -0.39 is 0 Å². The summed E-state index contributed by atoms with van der Waals surface area (Å²) in [7, 11) is 0. The van der Waals surface area contributed by atoms with Gasteiger partial charge in [-0.3, -0.25) is 9.79 Å². The molecule has 0 aliphatic heterocycles. The lowest BCUT2D eigenvalue weighted by atomic mass is 10.2. The van der Waals surface area contributed by atoms with E-state index in [1.165, 1.54) is 20.1 Å². The van der Waals surface area contributed by atoms with Gasteiger partial charge in [0, 0.05) is 6.21 Å². The van der Waals surface area contributed by atoms with Gasteiger partial charge in [-0.15, -0.1) is 0 Å². The zero-order chi connectivity index (χ0) is 11.3. The molecule has 0 radical (unpaired) electrons. The predicted molar refractivity (Wildman–Crippen MR) is 60.6 cm³/mol. The highest BCUT2D eigenvalue weighted by molar-refractivity contribution is 6.12. The van der Waals surface area contributed by atoms with Gasteiger partial charge in [0.05, 0.1) is 11.3 Å². The maximum atomic E-state index is 11.1. The molecule has 0 atom stereocenters. The van der Waals surface area contributed by atoms with Gasteiger partial charge in [-0.25, -0.2) is 0 Å². The normalized spacial score (nSPS) is 12.7. The van der Waals surface area contributed by atoms with Crippen LogP contribution in [0.3, 0.4) is 0 Å². The lowest BCUT2D eigenvalue weighted by Crippen LogP contribution is -2.01. The Balaban J connectivity index is 2.90. The number of aliphatic hydroxyl groups is 1. The van der Waals surface area contributed by atoms with Crippen LogP contribution in [0.5, 0.6) is 0 Å². The maximum Gasteiger partial charge on any atom is 0.164 e. The second-order valence-electron chi connectivity index (χ2n) is 3.15. The number of carbonyl (C=O) groups is 1. The van der Waals surface area contributed by atoms with Crippen LogP contribution in [0.15, 0.2) is 46.7 Å². The molecule has 3 heteroatoms. The molecule has 0 spiro atoms. The zero-order valence-electron chi connectivity index (χ0n) is 8.77. The number of hydrogen-bond acceptors (Lipinski definition) is 3. The summed E-state index contributed by atoms with van der Waals surface area (Å²) in [6.07, 6.45) is 1.38. The number of nitrogens with zero attached hydrogens (tertiary/aromatic N) is 1. The molecular formula is C12H13NO2. The van der Waals surface area contributed by atoms with Crippen LogP contribution in [0.25, 0.3) is 0 Å². The summed E-state index contributed by atoms with van der Waals surface area (Å²) in [6.45, 7) is 2.86. The zero-order valence-corrected chi connectivity index (χ0v) is 8.77. The van der Waals surface area contributed by atoms with E-state index in [1.807, 2.05) is 30.3 Å². The Bertz CT molecular complexity index is 401. The van der Waals surface area contributed by atoms with E-state index in [-0.39, 0.29) is 17.1 Å². The molecule has 0 saturated heterocycles. The van der Waals surface area contributed by atoms with Crippen LogP contribution >= 0.6 is 0 Å². The van der Waals surface area contributed by atoms with E-state index in [2.05, 4.69) is 4.99 Å². The van der Waals surface area contributed by atoms with Crippen molar-refractivity contribution in [2.45, 2.75) is 13.8 Å². The summed E-state index contributed by atoms with van der Waals surface area (Å²) >= 11 is 0. The third-order valence-electron chi connectivity index (χ3n) is 1.87. The minimum Gasteiger partial charge on any atom is -0.512 e. The fourth-order valence-corrected chi connectivity index (χ4v) is 1.09. The largest absolute Gasteiger partial charge is 0.512 e. The number of hydrogen-bond donors (Lipinski definition) is 1. The highest BCUT2D eigenvalue weighted by Crippen LogP contribution is 2.10. The lowest BCUT2D eigenvalue weighted by Gasteiger charge is -1.97. The lowest BCUT2D eigenvalue weighted by molar-refractivity contribution is -0.113. The molecule has 0 bridgehead atoms. The van der Waals surface area contributed by atoms with Gasteiger partial charge in [-0.2, -0.15) is 0 Å². The van der Waals surface area contributed by atoms with Crippen molar-refractivity contribution in [3.8, 4) is 0 Å². The second-order valence-corrected chi connectivity index (χ2v) is 3.15. The molecule has 0 unspecified atom stereocenters. The van der Waals surface area contributed by atoms with Gasteiger partial charge in [0.1, 0.15) is 5.76 Å². The van der Waals surface area contributed by atoms with Crippen LogP contribution in [-0.2, 0) is 4.79 Å². The quantitative estimate of drug-likeness (QED) is 0.466. The van der Waals surface area contributed by atoms with Crippen molar-refractivity contribution in [1.82, 2.24) is 0 Å². The molecule has 78 valence electrons. The fourth-order valence-electron chi connectivity index (χ4n) is 1.09. The van der Waals surface area contributed by atoms with Gasteiger partial charge in [0.15, 0.2) is 5.78 Å². The molecule has 0 aromatic heterocycles. The molecule has 0 fully saturated rings. The van der Waals surface area contributed by atoms with E-state index in [0.717, 1.165) is 5.69 Å². The SMILES string of the molecule is CC(=O)C(C=Nc1ccccc1)=C(C)O. The van der Waals surface area contributed by atoms with Crippen molar-refractivity contribution in [2.75, 3.05) is 0 Å². The average Bonchev–Trinajstić information content (AvgIpc) is 2.18. The topological polar surface area (TPSA) is 49.7 Å². The minimum atomic E-state index is -0.199. The van der Waals surface area contributed by atoms with E-state index >= 15 is 0 Å². The fraction of sp³-hybridized carbons (Fsp3) is 0.167. The first-order valence-corrected chi connectivity index (χ1v) is 4.61. The highest BCUT2D eigenvalue weighted by Gasteiger charge is 2.04. The summed E-state index contributed by atoms with van der Waals surface area (Å²) in [5.74, 6) is -0.211. The van der Waals surface area contributed by atoms with Crippen molar-refractivity contribution in [3.63, 3.8) is 0 Å². The monoisotopic (exact) mass is 203 g/mol. The van der Waals surface area contributed by atoms with Gasteiger partial charge in [-0.1, -0.05) is 18.2 Å². The van der Waals surface area contributed by atoms with E-state index in [9.17, 15) is 9.90 Å². The number of rotatable bonds is 3. The van der Waals surface area contributed by atoms with Gasteiger partial charge >= 0.3 is 0 Å². The Morgan fingerprint density at radius 3 is 2.33 bits per heavy atom. The molecule has 1 aromatic carbocycles.